The number of para-hydroxylation sites is 4. The number of rotatable bonds is 13. The Morgan fingerprint density at radius 1 is 0.327 bits per heavy atom. The number of nitrogens with zero attached hydrogens (tertiary/aromatic N) is 8. The summed E-state index contributed by atoms with van der Waals surface area (Å²) in [6.45, 7) is 0.213. The van der Waals surface area contributed by atoms with Crippen LogP contribution in [0.4, 0.5) is 34.1 Å². The topological polar surface area (TPSA) is 102 Å². The second-order valence-corrected chi connectivity index (χ2v) is 24.6. The molecule has 0 atom stereocenters. The number of fused-ring (bicyclic) bond motifs is 7. The Bertz CT molecular complexity index is 5680. The molecule has 0 saturated carbocycles. The van der Waals surface area contributed by atoms with Crippen molar-refractivity contribution < 1.29 is 9.53 Å². The summed E-state index contributed by atoms with van der Waals surface area (Å²) in [5.74, 6) is 1.67. The molecule has 0 unspecified atom stereocenters. The van der Waals surface area contributed by atoms with Crippen LogP contribution in [0.25, 0.3) is 107 Å². The van der Waals surface area contributed by atoms with E-state index in [-0.39, 0.29) is 13.3 Å². The SMILES string of the molecule is O=C(OCc1ccccc1)c1ccc2c(c1)c1ccccc1n2-c1ccc(-c2nc(-c3ccccc3)nc(-c3ccccc3)n2)cc1-c1nc(-c2ccccc2)cc(-c2cccc(-c3ccc(N4c5ccccc5B5c6ccccc6N(c6ccccc6)c6cccc4c65)cc3)c2)n1. The van der Waals surface area contributed by atoms with Crippen LogP contribution in [0.5, 0.6) is 0 Å². The zero-order valence-electron chi connectivity index (χ0n) is 52.9. The van der Waals surface area contributed by atoms with Crippen molar-refractivity contribution in [1.82, 2.24) is 29.5 Å². The van der Waals surface area contributed by atoms with Crippen LogP contribution >= 0.6 is 0 Å². The van der Waals surface area contributed by atoms with Gasteiger partial charge >= 0.3 is 5.97 Å². The monoisotopic (exact) mass is 1260 g/mol. The lowest BCUT2D eigenvalue weighted by Crippen LogP contribution is -2.61. The van der Waals surface area contributed by atoms with Gasteiger partial charge in [0, 0.05) is 78.3 Å². The second kappa shape index (κ2) is 24.3. The molecule has 0 aliphatic carbocycles. The van der Waals surface area contributed by atoms with E-state index in [9.17, 15) is 4.79 Å². The summed E-state index contributed by atoms with van der Waals surface area (Å²) in [6.07, 6.45) is 0. The van der Waals surface area contributed by atoms with E-state index >= 15 is 0 Å². The van der Waals surface area contributed by atoms with E-state index in [1.807, 2.05) is 140 Å². The van der Waals surface area contributed by atoms with Crippen molar-refractivity contribution in [3.05, 3.63) is 345 Å². The van der Waals surface area contributed by atoms with E-state index in [2.05, 4.69) is 208 Å². The molecule has 5 heterocycles. The van der Waals surface area contributed by atoms with Gasteiger partial charge in [-0.15, -0.1) is 0 Å². The first-order chi connectivity index (χ1) is 48.5. The number of carbonyl (C=O) groups excluding carboxylic acids is 1. The Balaban J connectivity index is 0.776. The summed E-state index contributed by atoms with van der Waals surface area (Å²) >= 11 is 0. The molecule has 0 N–H and O–H groups in total. The molecule has 0 fully saturated rings. The number of hydrogen-bond acceptors (Lipinski definition) is 9. The molecule has 0 radical (unpaired) electrons. The molecule has 2 aliphatic rings. The zero-order chi connectivity index (χ0) is 65.0. The molecule has 13 aromatic carbocycles. The Labute approximate surface area is 566 Å². The van der Waals surface area contributed by atoms with Gasteiger partial charge in [0.25, 0.3) is 6.71 Å². The maximum Gasteiger partial charge on any atom is 0.338 e. The summed E-state index contributed by atoms with van der Waals surface area (Å²) in [5, 5.41) is 1.85. The highest BCUT2D eigenvalue weighted by molar-refractivity contribution is 7.00. The number of aromatic nitrogens is 6. The van der Waals surface area contributed by atoms with Crippen LogP contribution in [0.3, 0.4) is 0 Å². The fraction of sp³-hybridized carbons (Fsp3) is 0.0115. The summed E-state index contributed by atoms with van der Waals surface area (Å²) in [7, 11) is 0. The minimum atomic E-state index is -0.403. The van der Waals surface area contributed by atoms with Crippen LogP contribution in [-0.4, -0.2) is 42.2 Å². The Hall–Kier alpha value is -13.1. The van der Waals surface area contributed by atoms with Crippen LogP contribution < -0.4 is 26.2 Å². The summed E-state index contributed by atoms with van der Waals surface area (Å²) < 4.78 is 8.15. The van der Waals surface area contributed by atoms with E-state index in [1.54, 1.807) is 0 Å². The molecule has 11 heteroatoms. The number of esters is 1. The third-order valence-corrected chi connectivity index (χ3v) is 18.8. The van der Waals surface area contributed by atoms with E-state index in [0.29, 0.717) is 28.9 Å². The minimum absolute atomic E-state index is 0.0515. The fourth-order valence-electron chi connectivity index (χ4n) is 14.3. The van der Waals surface area contributed by atoms with Gasteiger partial charge in [0.05, 0.1) is 33.7 Å². The first-order valence-corrected chi connectivity index (χ1v) is 32.9. The maximum absolute atomic E-state index is 13.9. The number of carbonyl (C=O) groups is 1. The van der Waals surface area contributed by atoms with Crippen LogP contribution in [-0.2, 0) is 11.3 Å². The predicted octanol–water partition coefficient (Wildman–Crippen LogP) is 18.9. The highest BCUT2D eigenvalue weighted by Crippen LogP contribution is 2.45. The van der Waals surface area contributed by atoms with Crippen molar-refractivity contribution in [2.45, 2.75) is 6.61 Å². The zero-order valence-corrected chi connectivity index (χ0v) is 52.9. The molecule has 0 spiro atoms. The minimum Gasteiger partial charge on any atom is -0.457 e. The molecular weight excluding hydrogens is 1200 g/mol. The largest absolute Gasteiger partial charge is 0.457 e. The highest BCUT2D eigenvalue weighted by atomic mass is 16.5. The summed E-state index contributed by atoms with van der Waals surface area (Å²) in [6, 6.07) is 115. The smallest absolute Gasteiger partial charge is 0.338 e. The third kappa shape index (κ3) is 10.2. The second-order valence-electron chi connectivity index (χ2n) is 24.6. The van der Waals surface area contributed by atoms with Gasteiger partial charge in [-0.1, -0.05) is 231 Å². The Morgan fingerprint density at radius 3 is 1.47 bits per heavy atom. The average molecular weight is 1260 g/mol. The molecule has 0 saturated heterocycles. The van der Waals surface area contributed by atoms with E-state index in [4.69, 9.17) is 29.7 Å². The van der Waals surface area contributed by atoms with Crippen molar-refractivity contribution in [3.63, 3.8) is 0 Å². The van der Waals surface area contributed by atoms with Gasteiger partial charge < -0.3 is 19.1 Å². The van der Waals surface area contributed by atoms with Gasteiger partial charge in [-0.05, 0) is 136 Å². The van der Waals surface area contributed by atoms with Crippen LogP contribution in [0.2, 0.25) is 0 Å². The number of ether oxygens (including phenoxy) is 1. The lowest BCUT2D eigenvalue weighted by Gasteiger charge is -2.44. The van der Waals surface area contributed by atoms with Gasteiger partial charge in [-0.2, -0.15) is 0 Å². The van der Waals surface area contributed by atoms with E-state index in [0.717, 1.165) is 112 Å². The number of hydrogen-bond donors (Lipinski definition) is 0. The maximum atomic E-state index is 13.9. The van der Waals surface area contributed by atoms with Gasteiger partial charge in [0.2, 0.25) is 0 Å². The average Bonchev–Trinajstić information content (AvgIpc) is 0.762. The lowest BCUT2D eigenvalue weighted by molar-refractivity contribution is 0.0473. The van der Waals surface area contributed by atoms with Crippen molar-refractivity contribution in [2.24, 2.45) is 0 Å². The van der Waals surface area contributed by atoms with Crippen LogP contribution in [0.15, 0.2) is 334 Å². The predicted molar refractivity (Wildman–Crippen MR) is 397 cm³/mol. The van der Waals surface area contributed by atoms with Gasteiger partial charge in [-0.25, -0.2) is 29.7 Å². The molecule has 0 bridgehead atoms. The first-order valence-electron chi connectivity index (χ1n) is 32.9. The molecule has 98 heavy (non-hydrogen) atoms. The fourth-order valence-corrected chi connectivity index (χ4v) is 14.3. The van der Waals surface area contributed by atoms with Crippen molar-refractivity contribution in [1.29, 1.82) is 0 Å². The molecule has 2 aliphatic heterocycles. The van der Waals surface area contributed by atoms with Gasteiger partial charge in [-0.3, -0.25) is 0 Å². The van der Waals surface area contributed by atoms with Gasteiger partial charge in [0.15, 0.2) is 23.3 Å². The molecule has 18 rings (SSSR count). The first kappa shape index (κ1) is 57.5. The van der Waals surface area contributed by atoms with Crippen LogP contribution in [0.1, 0.15) is 15.9 Å². The quantitative estimate of drug-likeness (QED) is 0.0825. The van der Waals surface area contributed by atoms with Gasteiger partial charge in [0.1, 0.15) is 6.61 Å². The summed E-state index contributed by atoms with van der Waals surface area (Å²) in [4.78, 5) is 45.4. The Morgan fingerprint density at radius 2 is 0.816 bits per heavy atom. The summed E-state index contributed by atoms with van der Waals surface area (Å²) in [5.41, 5.74) is 23.3. The van der Waals surface area contributed by atoms with Crippen molar-refractivity contribution in [2.75, 3.05) is 9.80 Å². The Kier molecular flexibility index (Phi) is 14.3. The molecule has 0 amide bonds. The highest BCUT2D eigenvalue weighted by Gasteiger charge is 2.43. The molecule has 460 valence electrons. The van der Waals surface area contributed by atoms with Crippen LogP contribution in [0, 0.1) is 0 Å². The van der Waals surface area contributed by atoms with Crippen molar-refractivity contribution >= 4 is 85.0 Å². The normalized spacial score (nSPS) is 12.1. The number of benzene rings is 13. The standard InChI is InChI=1S/C87H57BN8O2/c97-87(98-56-57-24-6-1-7-25-57)65-47-51-76-69(54-65)68-36-16-19-39-75(68)96(76)77-50-46-64(85-92-83(60-28-10-3-11-29-60)91-84(93-85)61-30-12-4-13-31-61)53-70(77)86-89-73(59-26-8-2-9-27-59)55-74(90-86)63-33-22-32-62(52-63)58-44-48-67(49-45-58)95-79-41-21-18-38-72(79)88-71-37-17-20-40-78(71)94(66-34-14-5-15-35-66)80-42-23-43-81(95)82(80)88/h1-55H,56H2. The molecular formula is C87H57BN8O2. The van der Waals surface area contributed by atoms with Crippen molar-refractivity contribution in [3.8, 4) is 84.9 Å². The number of anilines is 6. The van der Waals surface area contributed by atoms with E-state index in [1.165, 1.54) is 27.8 Å². The van der Waals surface area contributed by atoms with E-state index < -0.39 is 5.97 Å². The molecule has 16 aromatic rings. The molecule has 3 aromatic heterocycles. The molecule has 10 nitrogen and oxygen atoms in total. The lowest BCUT2D eigenvalue weighted by atomic mass is 9.33. The third-order valence-electron chi connectivity index (χ3n) is 18.8.